The lowest BCUT2D eigenvalue weighted by Gasteiger charge is -2.42. The van der Waals surface area contributed by atoms with Crippen LogP contribution in [0.15, 0.2) is 35.1 Å². The number of aryl methyl sites for hydroxylation is 1. The van der Waals surface area contributed by atoms with Crippen LogP contribution >= 0.6 is 11.6 Å². The Labute approximate surface area is 175 Å². The second kappa shape index (κ2) is 7.57. The van der Waals surface area contributed by atoms with Crippen LogP contribution in [0.25, 0.3) is 11.0 Å². The quantitative estimate of drug-likeness (QED) is 0.579. The highest BCUT2D eigenvalue weighted by molar-refractivity contribution is 6.30. The number of hydrogen-bond donors (Lipinski definition) is 3. The number of fused-ring (bicyclic) bond motifs is 1. The summed E-state index contributed by atoms with van der Waals surface area (Å²) in [6.45, 7) is -0.354. The molecule has 1 aliphatic heterocycles. The number of benzene rings is 2. The first-order valence-electron chi connectivity index (χ1n) is 9.30. The first-order valence-corrected chi connectivity index (χ1v) is 9.68. The van der Waals surface area contributed by atoms with Gasteiger partial charge in [0.25, 0.3) is 0 Å². The maximum absolute atomic E-state index is 14.2. The molecule has 1 aliphatic rings. The molecular weight excluding hydrogens is 420 g/mol. The van der Waals surface area contributed by atoms with Gasteiger partial charge < -0.3 is 24.8 Å². The van der Waals surface area contributed by atoms with Gasteiger partial charge in [-0.25, -0.2) is 13.6 Å². The molecule has 0 amide bonds. The Morgan fingerprint density at radius 2 is 2.03 bits per heavy atom. The number of hydrogen-bond acceptors (Lipinski definition) is 5. The molecule has 10 heteroatoms. The van der Waals surface area contributed by atoms with Crippen molar-refractivity contribution >= 4 is 28.3 Å². The maximum atomic E-state index is 14.2. The molecule has 0 unspecified atom stereocenters. The van der Waals surface area contributed by atoms with Gasteiger partial charge in [0.15, 0.2) is 11.6 Å². The zero-order chi connectivity index (χ0) is 21.6. The molecule has 4 rings (SSSR count). The standard InChI is InChI=1S/C20H20ClF2N3O4/c1-25-18-14(24-19(25)28)3-2-4-15(18)30-10-20(29)5-6-26(9-16(20)27)17-12(22)7-11(21)8-13(17)23/h2-4,7-8,16,27,29H,5-6,9-10H2,1H3,(H,24,28)/t16-,20-/m1/s1. The molecule has 2 atom stereocenters. The topological polar surface area (TPSA) is 90.7 Å². The molecular formula is C20H20ClF2N3O4. The highest BCUT2D eigenvalue weighted by Crippen LogP contribution is 2.33. The first-order chi connectivity index (χ1) is 14.2. The summed E-state index contributed by atoms with van der Waals surface area (Å²) >= 11 is 5.66. The van der Waals surface area contributed by atoms with Crippen molar-refractivity contribution < 1.29 is 23.7 Å². The number of imidazole rings is 1. The number of para-hydroxylation sites is 1. The van der Waals surface area contributed by atoms with E-state index < -0.39 is 23.3 Å². The summed E-state index contributed by atoms with van der Waals surface area (Å²) in [6, 6.07) is 7.07. The molecule has 1 saturated heterocycles. The van der Waals surface area contributed by atoms with Crippen molar-refractivity contribution in [2.45, 2.75) is 18.1 Å². The van der Waals surface area contributed by atoms with E-state index in [0.29, 0.717) is 16.8 Å². The Morgan fingerprint density at radius 1 is 1.33 bits per heavy atom. The van der Waals surface area contributed by atoms with Crippen LogP contribution in [0.1, 0.15) is 6.42 Å². The monoisotopic (exact) mass is 439 g/mol. The van der Waals surface area contributed by atoms with Crippen molar-refractivity contribution in [2.24, 2.45) is 7.05 Å². The average molecular weight is 440 g/mol. The van der Waals surface area contributed by atoms with Crippen LogP contribution < -0.4 is 15.3 Å². The Kier molecular flexibility index (Phi) is 5.21. The number of aromatic amines is 1. The highest BCUT2D eigenvalue weighted by atomic mass is 35.5. The number of halogens is 3. The molecule has 30 heavy (non-hydrogen) atoms. The van der Waals surface area contributed by atoms with E-state index in [-0.39, 0.29) is 42.5 Å². The number of H-pyrrole nitrogens is 1. The first kappa shape index (κ1) is 20.6. The third-order valence-electron chi connectivity index (χ3n) is 5.48. The molecule has 7 nitrogen and oxygen atoms in total. The summed E-state index contributed by atoms with van der Waals surface area (Å²) < 4.78 is 35.6. The summed E-state index contributed by atoms with van der Waals surface area (Å²) in [4.78, 5) is 15.9. The van der Waals surface area contributed by atoms with Gasteiger partial charge in [-0.2, -0.15) is 0 Å². The predicted molar refractivity (Wildman–Crippen MR) is 108 cm³/mol. The van der Waals surface area contributed by atoms with Crippen LogP contribution in [0.4, 0.5) is 14.5 Å². The number of rotatable bonds is 4. The zero-order valence-electron chi connectivity index (χ0n) is 16.0. The zero-order valence-corrected chi connectivity index (χ0v) is 16.8. The van der Waals surface area contributed by atoms with Crippen LogP contribution in [0.3, 0.4) is 0 Å². The predicted octanol–water partition coefficient (Wildman–Crippen LogP) is 2.18. The molecule has 160 valence electrons. The number of aromatic nitrogens is 2. The van der Waals surface area contributed by atoms with E-state index in [4.69, 9.17) is 16.3 Å². The van der Waals surface area contributed by atoms with Gasteiger partial charge in [-0.15, -0.1) is 0 Å². The molecule has 2 heterocycles. The Morgan fingerprint density at radius 3 is 2.70 bits per heavy atom. The number of piperidine rings is 1. The molecule has 0 aliphatic carbocycles. The van der Waals surface area contributed by atoms with E-state index in [1.807, 2.05) is 0 Å². The smallest absolute Gasteiger partial charge is 0.326 e. The van der Waals surface area contributed by atoms with Crippen molar-refractivity contribution in [1.29, 1.82) is 0 Å². The lowest BCUT2D eigenvalue weighted by Crippen LogP contribution is -2.58. The lowest BCUT2D eigenvalue weighted by atomic mass is 9.89. The lowest BCUT2D eigenvalue weighted by molar-refractivity contribution is -0.108. The molecule has 3 aromatic rings. The number of nitrogens with zero attached hydrogens (tertiary/aromatic N) is 2. The normalized spacial score (nSPS) is 21.9. The average Bonchev–Trinajstić information content (AvgIpc) is 2.97. The summed E-state index contributed by atoms with van der Waals surface area (Å²) in [5, 5.41) is 21.4. The van der Waals surface area contributed by atoms with Gasteiger partial charge in [-0.05, 0) is 30.7 Å². The fourth-order valence-electron chi connectivity index (χ4n) is 3.76. The van der Waals surface area contributed by atoms with Crippen LogP contribution in [-0.4, -0.2) is 51.2 Å². The molecule has 0 spiro atoms. The largest absolute Gasteiger partial charge is 0.488 e. The van der Waals surface area contributed by atoms with Crippen LogP contribution in [0, 0.1) is 11.6 Å². The molecule has 0 bridgehead atoms. The van der Waals surface area contributed by atoms with E-state index in [1.165, 1.54) is 9.47 Å². The van der Waals surface area contributed by atoms with E-state index >= 15 is 0 Å². The van der Waals surface area contributed by atoms with Crippen LogP contribution in [0.2, 0.25) is 5.02 Å². The van der Waals surface area contributed by atoms with Crippen molar-refractivity contribution in [3.8, 4) is 5.75 Å². The van der Waals surface area contributed by atoms with Crippen molar-refractivity contribution in [3.05, 3.63) is 57.5 Å². The second-order valence-corrected chi connectivity index (χ2v) is 7.90. The number of aliphatic hydroxyl groups excluding tert-OH is 1. The summed E-state index contributed by atoms with van der Waals surface area (Å²) in [5.41, 5.74) is -1.12. The Hall–Kier alpha value is -2.62. The summed E-state index contributed by atoms with van der Waals surface area (Å²) in [7, 11) is 1.59. The SMILES string of the molecule is Cn1c(=O)[nH]c2cccc(OC[C@]3(O)CCN(c4c(F)cc(Cl)cc4F)C[C@H]3O)c21. The van der Waals surface area contributed by atoms with E-state index in [0.717, 1.165) is 12.1 Å². The maximum Gasteiger partial charge on any atom is 0.326 e. The fraction of sp³-hybridized carbons (Fsp3) is 0.350. The van der Waals surface area contributed by atoms with Crippen molar-refractivity contribution in [1.82, 2.24) is 9.55 Å². The number of β-amino-alcohol motifs (C(OH)–C–C–N with tert-alkyl or cyclic N) is 1. The molecule has 0 saturated carbocycles. The van der Waals surface area contributed by atoms with Gasteiger partial charge in [0, 0.05) is 25.2 Å². The summed E-state index contributed by atoms with van der Waals surface area (Å²) in [5.74, 6) is -1.31. The third kappa shape index (κ3) is 3.53. The van der Waals surface area contributed by atoms with Gasteiger partial charge in [0.2, 0.25) is 0 Å². The van der Waals surface area contributed by atoms with E-state index in [9.17, 15) is 23.8 Å². The van der Waals surface area contributed by atoms with Crippen LogP contribution in [-0.2, 0) is 7.05 Å². The molecule has 3 N–H and O–H groups in total. The second-order valence-electron chi connectivity index (χ2n) is 7.46. The number of nitrogens with one attached hydrogen (secondary N) is 1. The molecule has 2 aromatic carbocycles. The van der Waals surface area contributed by atoms with Gasteiger partial charge in [-0.3, -0.25) is 4.57 Å². The minimum Gasteiger partial charge on any atom is -0.488 e. The van der Waals surface area contributed by atoms with Crippen molar-refractivity contribution in [3.63, 3.8) is 0 Å². The Bertz CT molecular complexity index is 1140. The van der Waals surface area contributed by atoms with Gasteiger partial charge in [-0.1, -0.05) is 17.7 Å². The minimum atomic E-state index is -1.63. The number of anilines is 1. The van der Waals surface area contributed by atoms with Gasteiger partial charge >= 0.3 is 5.69 Å². The van der Waals surface area contributed by atoms with Gasteiger partial charge in [0.05, 0.1) is 5.52 Å². The van der Waals surface area contributed by atoms with Crippen molar-refractivity contribution in [2.75, 3.05) is 24.6 Å². The summed E-state index contributed by atoms with van der Waals surface area (Å²) in [6.07, 6.45) is -1.31. The molecule has 1 fully saturated rings. The minimum absolute atomic E-state index is 0.0116. The highest BCUT2D eigenvalue weighted by Gasteiger charge is 2.42. The molecule has 1 aromatic heterocycles. The van der Waals surface area contributed by atoms with E-state index in [2.05, 4.69) is 4.98 Å². The van der Waals surface area contributed by atoms with Crippen LogP contribution in [0.5, 0.6) is 5.75 Å². The fourth-order valence-corrected chi connectivity index (χ4v) is 3.95. The third-order valence-corrected chi connectivity index (χ3v) is 5.70. The van der Waals surface area contributed by atoms with Gasteiger partial charge in [0.1, 0.15) is 35.3 Å². The Balaban J connectivity index is 1.52. The molecule has 0 radical (unpaired) electrons. The number of aliphatic hydroxyl groups is 2. The number of ether oxygens (including phenoxy) is 1. The van der Waals surface area contributed by atoms with E-state index in [1.54, 1.807) is 25.2 Å².